The molecular formula is C19H22N4O3. The predicted octanol–water partition coefficient (Wildman–Crippen LogP) is 2.23. The normalized spacial score (nSPS) is 17.7. The lowest BCUT2D eigenvalue weighted by molar-refractivity contribution is -0.144. The average molecular weight is 354 g/mol. The average Bonchev–Trinajstić information content (AvgIpc) is 3.06. The lowest BCUT2D eigenvalue weighted by Crippen LogP contribution is -2.57. The van der Waals surface area contributed by atoms with Crippen LogP contribution in [-0.2, 0) is 16.0 Å². The van der Waals surface area contributed by atoms with Crippen molar-refractivity contribution >= 4 is 35.0 Å². The minimum atomic E-state index is -1.04. The number of benzene rings is 1. The summed E-state index contributed by atoms with van der Waals surface area (Å²) in [7, 11) is 2.75. The Balaban J connectivity index is 1.78. The molecule has 1 fully saturated rings. The fourth-order valence-electron chi connectivity index (χ4n) is 3.13. The molecule has 1 aromatic carbocycles. The molecule has 0 unspecified atom stereocenters. The second kappa shape index (κ2) is 7.11. The smallest absolute Gasteiger partial charge is 0.332 e. The van der Waals surface area contributed by atoms with Crippen LogP contribution in [-0.4, -0.2) is 59.0 Å². The molecule has 2 heterocycles. The SMILES string of the molecule is CC[C@H](Cc1c[nH]c2ccccc12)N=CC1C(=O)N(C)C(=O)N(C)C1=O. The number of aromatic nitrogens is 1. The summed E-state index contributed by atoms with van der Waals surface area (Å²) in [6, 6.07) is 7.38. The van der Waals surface area contributed by atoms with Gasteiger partial charge in [0.05, 0.1) is 6.04 Å². The number of amides is 4. The van der Waals surface area contributed by atoms with E-state index < -0.39 is 23.8 Å². The van der Waals surface area contributed by atoms with E-state index >= 15 is 0 Å². The Labute approximate surface area is 151 Å². The van der Waals surface area contributed by atoms with E-state index in [1.54, 1.807) is 0 Å². The molecular weight excluding hydrogens is 332 g/mol. The van der Waals surface area contributed by atoms with Crippen LogP contribution in [0.5, 0.6) is 0 Å². The third kappa shape index (κ3) is 3.12. The standard InChI is InChI=1S/C19H22N4O3/c1-4-13(9-12-10-21-16-8-6-5-7-14(12)16)20-11-15-17(24)22(2)19(26)23(3)18(15)25/h5-8,10-11,13,15,21H,4,9H2,1-3H3/t13-/m1/s1. The number of imide groups is 2. The van der Waals surface area contributed by atoms with Crippen molar-refractivity contribution in [2.45, 2.75) is 25.8 Å². The fourth-order valence-corrected chi connectivity index (χ4v) is 3.13. The minimum Gasteiger partial charge on any atom is -0.361 e. The molecule has 2 aromatic rings. The second-order valence-electron chi connectivity index (χ2n) is 6.48. The van der Waals surface area contributed by atoms with Crippen LogP contribution >= 0.6 is 0 Å². The Morgan fingerprint density at radius 3 is 2.46 bits per heavy atom. The number of para-hydroxylation sites is 1. The van der Waals surface area contributed by atoms with Gasteiger partial charge in [-0.2, -0.15) is 0 Å². The Kier molecular flexibility index (Phi) is 4.88. The molecule has 136 valence electrons. The second-order valence-corrected chi connectivity index (χ2v) is 6.48. The molecule has 26 heavy (non-hydrogen) atoms. The number of hydrogen-bond acceptors (Lipinski definition) is 4. The van der Waals surface area contributed by atoms with Crippen LogP contribution in [0.3, 0.4) is 0 Å². The highest BCUT2D eigenvalue weighted by atomic mass is 16.2. The summed E-state index contributed by atoms with van der Waals surface area (Å²) in [4.78, 5) is 45.9. The first-order valence-corrected chi connectivity index (χ1v) is 8.61. The summed E-state index contributed by atoms with van der Waals surface area (Å²) in [6.07, 6.45) is 4.85. The topological polar surface area (TPSA) is 85.8 Å². The van der Waals surface area contributed by atoms with Crippen LogP contribution in [0.4, 0.5) is 4.79 Å². The summed E-state index contributed by atoms with van der Waals surface area (Å²) in [5, 5.41) is 1.15. The molecule has 0 saturated carbocycles. The van der Waals surface area contributed by atoms with Crippen molar-refractivity contribution in [3.8, 4) is 0 Å². The van der Waals surface area contributed by atoms with E-state index in [0.717, 1.165) is 32.7 Å². The highest BCUT2D eigenvalue weighted by Gasteiger charge is 2.41. The van der Waals surface area contributed by atoms with Crippen LogP contribution in [0, 0.1) is 5.92 Å². The first-order chi connectivity index (χ1) is 12.4. The van der Waals surface area contributed by atoms with Crippen LogP contribution < -0.4 is 0 Å². The molecule has 0 bridgehead atoms. The van der Waals surface area contributed by atoms with Gasteiger partial charge in [-0.25, -0.2) is 4.79 Å². The largest absolute Gasteiger partial charge is 0.361 e. The third-order valence-electron chi connectivity index (χ3n) is 4.81. The summed E-state index contributed by atoms with van der Waals surface area (Å²) in [5.41, 5.74) is 2.22. The zero-order valence-electron chi connectivity index (χ0n) is 15.1. The number of rotatable bonds is 5. The van der Waals surface area contributed by atoms with Crippen LogP contribution in [0.2, 0.25) is 0 Å². The van der Waals surface area contributed by atoms with Gasteiger partial charge in [0.1, 0.15) is 0 Å². The summed E-state index contributed by atoms with van der Waals surface area (Å²) >= 11 is 0. The zero-order chi connectivity index (χ0) is 18.8. The molecule has 1 N–H and O–H groups in total. The van der Waals surface area contributed by atoms with Crippen molar-refractivity contribution < 1.29 is 14.4 Å². The number of nitrogens with zero attached hydrogens (tertiary/aromatic N) is 3. The van der Waals surface area contributed by atoms with Crippen molar-refractivity contribution in [3.05, 3.63) is 36.0 Å². The Bertz CT molecular complexity index is 862. The monoisotopic (exact) mass is 354 g/mol. The predicted molar refractivity (Wildman–Crippen MR) is 99.0 cm³/mol. The maximum atomic E-state index is 12.2. The van der Waals surface area contributed by atoms with Gasteiger partial charge in [0, 0.05) is 37.4 Å². The number of fused-ring (bicyclic) bond motifs is 1. The van der Waals surface area contributed by atoms with Gasteiger partial charge in [-0.05, 0) is 24.5 Å². The van der Waals surface area contributed by atoms with Gasteiger partial charge in [0.25, 0.3) is 0 Å². The van der Waals surface area contributed by atoms with Crippen molar-refractivity contribution in [2.24, 2.45) is 10.9 Å². The maximum Gasteiger partial charge on any atom is 0.332 e. The summed E-state index contributed by atoms with van der Waals surface area (Å²) in [6.45, 7) is 2.02. The third-order valence-corrected chi connectivity index (χ3v) is 4.81. The number of urea groups is 1. The van der Waals surface area contributed by atoms with Crippen LogP contribution in [0.15, 0.2) is 35.5 Å². The number of carbonyl (C=O) groups excluding carboxylic acids is 3. The molecule has 1 aliphatic heterocycles. The van der Waals surface area contributed by atoms with E-state index in [2.05, 4.69) is 16.0 Å². The fraction of sp³-hybridized carbons (Fsp3) is 0.368. The Hall–Kier alpha value is -2.96. The number of hydrogen-bond donors (Lipinski definition) is 1. The molecule has 1 aromatic heterocycles. The molecule has 0 spiro atoms. The van der Waals surface area contributed by atoms with Crippen molar-refractivity contribution in [3.63, 3.8) is 0 Å². The molecule has 1 saturated heterocycles. The molecule has 4 amide bonds. The van der Waals surface area contributed by atoms with E-state index in [4.69, 9.17) is 0 Å². The number of aliphatic imine (C=N–C) groups is 1. The van der Waals surface area contributed by atoms with E-state index in [1.165, 1.54) is 20.3 Å². The molecule has 3 rings (SSSR count). The lowest BCUT2D eigenvalue weighted by atomic mass is 10.0. The van der Waals surface area contributed by atoms with Gasteiger partial charge in [0.2, 0.25) is 11.8 Å². The van der Waals surface area contributed by atoms with E-state index in [9.17, 15) is 14.4 Å². The van der Waals surface area contributed by atoms with Gasteiger partial charge in [-0.1, -0.05) is 25.1 Å². The summed E-state index contributed by atoms with van der Waals surface area (Å²) < 4.78 is 0. The minimum absolute atomic E-state index is 0.0527. The highest BCUT2D eigenvalue weighted by molar-refractivity contribution is 6.23. The number of aromatic amines is 1. The van der Waals surface area contributed by atoms with Crippen LogP contribution in [0.25, 0.3) is 10.9 Å². The number of carbonyl (C=O) groups is 3. The van der Waals surface area contributed by atoms with E-state index in [0.29, 0.717) is 6.42 Å². The maximum absolute atomic E-state index is 12.2. The molecule has 7 heteroatoms. The molecule has 0 aliphatic carbocycles. The van der Waals surface area contributed by atoms with E-state index in [1.807, 2.05) is 31.3 Å². The first kappa shape index (κ1) is 17.8. The Morgan fingerprint density at radius 2 is 1.81 bits per heavy atom. The molecule has 0 radical (unpaired) electrons. The van der Waals surface area contributed by atoms with Gasteiger partial charge in [-0.3, -0.25) is 24.4 Å². The zero-order valence-corrected chi connectivity index (χ0v) is 15.1. The number of barbiturate groups is 1. The van der Waals surface area contributed by atoms with Crippen molar-refractivity contribution in [1.82, 2.24) is 14.8 Å². The Morgan fingerprint density at radius 1 is 1.15 bits per heavy atom. The van der Waals surface area contributed by atoms with Gasteiger partial charge in [-0.15, -0.1) is 0 Å². The van der Waals surface area contributed by atoms with Crippen molar-refractivity contribution in [2.75, 3.05) is 14.1 Å². The van der Waals surface area contributed by atoms with Gasteiger partial charge < -0.3 is 4.98 Å². The van der Waals surface area contributed by atoms with E-state index in [-0.39, 0.29) is 6.04 Å². The lowest BCUT2D eigenvalue weighted by Gasteiger charge is -2.31. The van der Waals surface area contributed by atoms with Gasteiger partial charge in [0.15, 0.2) is 5.92 Å². The molecule has 7 nitrogen and oxygen atoms in total. The highest BCUT2D eigenvalue weighted by Crippen LogP contribution is 2.21. The first-order valence-electron chi connectivity index (χ1n) is 8.61. The number of nitrogens with one attached hydrogen (secondary N) is 1. The van der Waals surface area contributed by atoms with Crippen LogP contribution in [0.1, 0.15) is 18.9 Å². The molecule has 1 aliphatic rings. The van der Waals surface area contributed by atoms with Gasteiger partial charge >= 0.3 is 6.03 Å². The molecule has 1 atom stereocenters. The number of H-pyrrole nitrogens is 1. The van der Waals surface area contributed by atoms with Crippen molar-refractivity contribution in [1.29, 1.82) is 0 Å². The quantitative estimate of drug-likeness (QED) is 0.660. The summed E-state index contributed by atoms with van der Waals surface area (Å²) in [5.74, 6) is -2.12.